The van der Waals surface area contributed by atoms with Gasteiger partial charge in [-0.05, 0) is 33.1 Å². The first kappa shape index (κ1) is 13.1. The lowest BCUT2D eigenvalue weighted by atomic mass is 9.90. The third-order valence-corrected chi connectivity index (χ3v) is 3.53. The van der Waals surface area contributed by atoms with Gasteiger partial charge in [0.2, 0.25) is 0 Å². The Labute approximate surface area is 105 Å². The second-order valence-corrected chi connectivity index (χ2v) is 5.65. The van der Waals surface area contributed by atoms with Gasteiger partial charge in [-0.15, -0.1) is 17.0 Å². The van der Waals surface area contributed by atoms with Crippen molar-refractivity contribution in [2.75, 3.05) is 0 Å². The summed E-state index contributed by atoms with van der Waals surface area (Å²) >= 11 is 1.59. The molecule has 0 aromatic heterocycles. The van der Waals surface area contributed by atoms with E-state index in [2.05, 4.69) is 36.1 Å². The topological polar surface area (TPSA) is 35.8 Å². The molecule has 0 spiro atoms. The van der Waals surface area contributed by atoms with Crippen molar-refractivity contribution in [2.45, 2.75) is 45.4 Å². The van der Waals surface area contributed by atoms with E-state index in [9.17, 15) is 5.11 Å². The quantitative estimate of drug-likeness (QED) is 0.746. The van der Waals surface area contributed by atoms with E-state index in [4.69, 9.17) is 0 Å². The maximum atomic E-state index is 9.99. The lowest BCUT2D eigenvalue weighted by Crippen LogP contribution is -2.52. The summed E-state index contributed by atoms with van der Waals surface area (Å²) in [6, 6.07) is 0. The summed E-state index contributed by atoms with van der Waals surface area (Å²) in [5, 5.41) is 13.0. The Kier molecular flexibility index (Phi) is 3.30. The summed E-state index contributed by atoms with van der Waals surface area (Å²) in [7, 11) is 0. The van der Waals surface area contributed by atoms with Crippen molar-refractivity contribution in [3.8, 4) is 0 Å². The largest absolute Gasteiger partial charge is 0.369 e. The molecule has 3 nitrogen and oxygen atoms in total. The van der Waals surface area contributed by atoms with Gasteiger partial charge in [-0.25, -0.2) is 4.99 Å². The van der Waals surface area contributed by atoms with Crippen LogP contribution in [0.2, 0.25) is 0 Å². The molecule has 2 rings (SSSR count). The van der Waals surface area contributed by atoms with Crippen molar-refractivity contribution in [3.63, 3.8) is 0 Å². The Balaban J connectivity index is 0.00000112. The van der Waals surface area contributed by atoms with Gasteiger partial charge in [-0.3, -0.25) is 0 Å². The molecular formula is C10H17BrN2OS. The van der Waals surface area contributed by atoms with Gasteiger partial charge in [-0.2, -0.15) is 0 Å². The van der Waals surface area contributed by atoms with Gasteiger partial charge < -0.3 is 10.0 Å². The van der Waals surface area contributed by atoms with Crippen molar-refractivity contribution in [3.05, 3.63) is 11.1 Å². The minimum Gasteiger partial charge on any atom is -0.369 e. The van der Waals surface area contributed by atoms with E-state index in [1.54, 1.807) is 18.7 Å². The van der Waals surface area contributed by atoms with E-state index in [0.29, 0.717) is 6.42 Å². The first-order valence-corrected chi connectivity index (χ1v) is 5.66. The molecular weight excluding hydrogens is 276 g/mol. The first-order chi connectivity index (χ1) is 6.32. The molecule has 86 valence electrons. The standard InChI is InChI=1S/C10H16N2OS.BrH/c1-7-5-14-8-11-10(4,13)6-9(2,3)12(7)8;/h5,13H,6H2,1-4H3;1H. The van der Waals surface area contributed by atoms with Gasteiger partial charge in [0.05, 0.1) is 0 Å². The lowest BCUT2D eigenvalue weighted by Gasteiger charge is -2.45. The van der Waals surface area contributed by atoms with Crippen LogP contribution in [0, 0.1) is 0 Å². The van der Waals surface area contributed by atoms with Gasteiger partial charge in [0, 0.05) is 17.7 Å². The summed E-state index contributed by atoms with van der Waals surface area (Å²) in [5.41, 5.74) is 0.250. The van der Waals surface area contributed by atoms with Gasteiger partial charge in [0.15, 0.2) is 10.9 Å². The maximum Gasteiger partial charge on any atom is 0.171 e. The predicted molar refractivity (Wildman–Crippen MR) is 70.3 cm³/mol. The number of thioether (sulfide) groups is 1. The molecule has 5 heteroatoms. The van der Waals surface area contributed by atoms with E-state index >= 15 is 0 Å². The van der Waals surface area contributed by atoms with Crippen molar-refractivity contribution in [2.24, 2.45) is 4.99 Å². The third kappa shape index (κ3) is 2.24. The van der Waals surface area contributed by atoms with Crippen LogP contribution in [0.15, 0.2) is 16.1 Å². The zero-order chi connectivity index (χ0) is 10.6. The highest BCUT2D eigenvalue weighted by atomic mass is 79.9. The molecule has 1 atom stereocenters. The highest BCUT2D eigenvalue weighted by Gasteiger charge is 2.44. The van der Waals surface area contributed by atoms with E-state index < -0.39 is 5.72 Å². The fraction of sp³-hybridized carbons (Fsp3) is 0.700. The molecule has 15 heavy (non-hydrogen) atoms. The second-order valence-electron chi connectivity index (χ2n) is 4.81. The molecule has 0 aromatic carbocycles. The zero-order valence-electron chi connectivity index (χ0n) is 9.44. The normalized spacial score (nSPS) is 32.7. The average Bonchev–Trinajstić information content (AvgIpc) is 2.26. The molecule has 0 aromatic rings. The molecule has 1 N–H and O–H groups in total. The van der Waals surface area contributed by atoms with E-state index in [0.717, 1.165) is 5.17 Å². The monoisotopic (exact) mass is 292 g/mol. The number of halogens is 1. The van der Waals surface area contributed by atoms with Gasteiger partial charge in [0.25, 0.3) is 0 Å². The molecule has 2 aliphatic rings. The fourth-order valence-electron chi connectivity index (χ4n) is 2.35. The molecule has 0 radical (unpaired) electrons. The number of nitrogens with zero attached hydrogens (tertiary/aromatic N) is 2. The smallest absolute Gasteiger partial charge is 0.171 e. The first-order valence-electron chi connectivity index (χ1n) is 4.78. The van der Waals surface area contributed by atoms with Crippen molar-refractivity contribution in [1.29, 1.82) is 0 Å². The molecule has 0 saturated carbocycles. The van der Waals surface area contributed by atoms with Crippen LogP contribution in [-0.2, 0) is 0 Å². The molecule has 2 aliphatic heterocycles. The minimum absolute atomic E-state index is 0. The fourth-order valence-corrected chi connectivity index (χ4v) is 3.48. The summed E-state index contributed by atoms with van der Waals surface area (Å²) < 4.78 is 0. The Morgan fingerprint density at radius 1 is 1.47 bits per heavy atom. The van der Waals surface area contributed by atoms with Crippen LogP contribution in [0.3, 0.4) is 0 Å². The minimum atomic E-state index is -0.916. The number of rotatable bonds is 0. The van der Waals surface area contributed by atoms with Crippen LogP contribution in [0.1, 0.15) is 34.1 Å². The van der Waals surface area contributed by atoms with Gasteiger partial charge >= 0.3 is 0 Å². The highest BCUT2D eigenvalue weighted by Crippen LogP contribution is 2.41. The number of fused-ring (bicyclic) bond motifs is 1. The van der Waals surface area contributed by atoms with Crippen LogP contribution in [0.5, 0.6) is 0 Å². The summed E-state index contributed by atoms with van der Waals surface area (Å²) in [6.45, 7) is 8.13. The van der Waals surface area contributed by atoms with Crippen LogP contribution < -0.4 is 0 Å². The number of hydrogen-bond donors (Lipinski definition) is 1. The molecule has 0 bridgehead atoms. The molecule has 1 unspecified atom stereocenters. The maximum absolute atomic E-state index is 9.99. The van der Waals surface area contributed by atoms with E-state index in [-0.39, 0.29) is 22.5 Å². The Bertz CT molecular complexity index is 336. The average molecular weight is 293 g/mol. The Morgan fingerprint density at radius 2 is 2.07 bits per heavy atom. The van der Waals surface area contributed by atoms with Crippen LogP contribution >= 0.6 is 28.7 Å². The van der Waals surface area contributed by atoms with E-state index in [1.807, 2.05) is 0 Å². The van der Waals surface area contributed by atoms with Crippen LogP contribution in [-0.4, -0.2) is 26.4 Å². The zero-order valence-corrected chi connectivity index (χ0v) is 12.0. The SMILES string of the molecule is Br.CC1=CSC2=NC(C)(O)CC(C)(C)N12. The van der Waals surface area contributed by atoms with Gasteiger partial charge in [0.1, 0.15) is 0 Å². The van der Waals surface area contributed by atoms with Crippen LogP contribution in [0.25, 0.3) is 0 Å². The third-order valence-electron chi connectivity index (χ3n) is 2.59. The molecule has 0 fully saturated rings. The summed E-state index contributed by atoms with van der Waals surface area (Å²) in [4.78, 5) is 6.54. The Hall–Kier alpha value is -0.0000000000000000833. The number of hydrogen-bond acceptors (Lipinski definition) is 4. The molecule has 0 saturated heterocycles. The molecule has 0 aliphatic carbocycles. The summed E-state index contributed by atoms with van der Waals surface area (Å²) in [5.74, 6) is 0. The van der Waals surface area contributed by atoms with Crippen molar-refractivity contribution >= 4 is 33.9 Å². The summed E-state index contributed by atoms with van der Waals surface area (Å²) in [6.07, 6.45) is 0.662. The van der Waals surface area contributed by atoms with E-state index in [1.165, 1.54) is 5.70 Å². The molecule has 0 amide bonds. The number of allylic oxidation sites excluding steroid dienone is 1. The van der Waals surface area contributed by atoms with Crippen LogP contribution in [0.4, 0.5) is 0 Å². The lowest BCUT2D eigenvalue weighted by molar-refractivity contribution is 0.00700. The number of aliphatic imine (C=N–C) groups is 1. The number of aliphatic hydroxyl groups is 1. The van der Waals surface area contributed by atoms with Crippen molar-refractivity contribution in [1.82, 2.24) is 4.90 Å². The predicted octanol–water partition coefficient (Wildman–Crippen LogP) is 2.72. The Morgan fingerprint density at radius 3 is 2.67 bits per heavy atom. The number of amidine groups is 1. The second kappa shape index (κ2) is 3.79. The van der Waals surface area contributed by atoms with Crippen molar-refractivity contribution < 1.29 is 5.11 Å². The molecule has 2 heterocycles. The highest BCUT2D eigenvalue weighted by molar-refractivity contribution is 8.93. The van der Waals surface area contributed by atoms with Gasteiger partial charge in [-0.1, -0.05) is 11.8 Å².